The minimum Gasteiger partial charge on any atom is -0.465 e. The van der Waals surface area contributed by atoms with Gasteiger partial charge in [0.25, 0.3) is 0 Å². The van der Waals surface area contributed by atoms with E-state index >= 15 is 0 Å². The number of esters is 1. The molecule has 2 N–H and O–H groups in total. The maximum atomic E-state index is 11.6. The molecule has 120 valence electrons. The van der Waals surface area contributed by atoms with E-state index in [0.29, 0.717) is 25.6 Å². The first-order valence-corrected chi connectivity index (χ1v) is 8.01. The summed E-state index contributed by atoms with van der Waals surface area (Å²) in [6, 6.07) is 0. The topological polar surface area (TPSA) is 61.5 Å². The van der Waals surface area contributed by atoms with Crippen LogP contribution in [0, 0.1) is 5.92 Å². The summed E-state index contributed by atoms with van der Waals surface area (Å²) in [5, 5.41) is 0. The first-order valence-electron chi connectivity index (χ1n) is 8.01. The normalized spacial score (nSPS) is 15.7. The van der Waals surface area contributed by atoms with E-state index in [0.717, 1.165) is 19.4 Å². The van der Waals surface area contributed by atoms with Crippen molar-refractivity contribution in [3.8, 4) is 0 Å². The van der Waals surface area contributed by atoms with Crippen LogP contribution in [0.4, 0.5) is 0 Å². The van der Waals surface area contributed by atoms with E-state index in [9.17, 15) is 4.79 Å². The molecule has 0 aliphatic carbocycles. The van der Waals surface area contributed by atoms with Crippen molar-refractivity contribution >= 4 is 5.97 Å². The van der Waals surface area contributed by atoms with Crippen molar-refractivity contribution in [3.05, 3.63) is 0 Å². The largest absolute Gasteiger partial charge is 0.465 e. The number of ether oxygens (including phenoxy) is 2. The monoisotopic (exact) mass is 287 g/mol. The van der Waals surface area contributed by atoms with Crippen LogP contribution < -0.4 is 5.73 Å². The van der Waals surface area contributed by atoms with Gasteiger partial charge in [-0.25, -0.2) is 0 Å². The number of carbonyl (C=O) groups is 1. The van der Waals surface area contributed by atoms with E-state index in [4.69, 9.17) is 15.2 Å². The highest BCUT2D eigenvalue weighted by Gasteiger charge is 2.29. The fourth-order valence-corrected chi connectivity index (χ4v) is 2.09. The number of carbonyl (C=O) groups excluding carboxylic acids is 1. The molecule has 0 saturated carbocycles. The van der Waals surface area contributed by atoms with E-state index in [1.807, 2.05) is 0 Å². The summed E-state index contributed by atoms with van der Waals surface area (Å²) < 4.78 is 10.7. The molecular formula is C16H33NO3. The van der Waals surface area contributed by atoms with Crippen LogP contribution >= 0.6 is 0 Å². The first kappa shape index (κ1) is 19.4. The highest BCUT2D eigenvalue weighted by atomic mass is 16.5. The van der Waals surface area contributed by atoms with Gasteiger partial charge in [-0.2, -0.15) is 0 Å². The zero-order chi connectivity index (χ0) is 15.4. The van der Waals surface area contributed by atoms with Gasteiger partial charge in [-0.3, -0.25) is 4.79 Å². The molecule has 0 aromatic carbocycles. The lowest BCUT2D eigenvalue weighted by atomic mass is 9.97. The second-order valence-electron chi connectivity index (χ2n) is 5.73. The molecule has 4 heteroatoms. The average Bonchev–Trinajstić information content (AvgIpc) is 2.42. The van der Waals surface area contributed by atoms with E-state index in [-0.39, 0.29) is 5.97 Å². The second-order valence-corrected chi connectivity index (χ2v) is 5.73. The molecule has 2 atom stereocenters. The SMILES string of the molecule is CCCCC(CC)COCCCC(C)(N)C(=O)OCC. The second kappa shape index (κ2) is 11.1. The summed E-state index contributed by atoms with van der Waals surface area (Å²) in [5.41, 5.74) is 5.05. The highest BCUT2D eigenvalue weighted by molar-refractivity contribution is 5.79. The van der Waals surface area contributed by atoms with Crippen molar-refractivity contribution in [2.75, 3.05) is 19.8 Å². The number of nitrogens with two attached hydrogens (primary N) is 1. The third kappa shape index (κ3) is 8.54. The predicted octanol–water partition coefficient (Wildman–Crippen LogP) is 3.28. The summed E-state index contributed by atoms with van der Waals surface area (Å²) in [4.78, 5) is 11.6. The van der Waals surface area contributed by atoms with Gasteiger partial charge >= 0.3 is 5.97 Å². The summed E-state index contributed by atoms with van der Waals surface area (Å²) in [6.45, 7) is 9.79. The Morgan fingerprint density at radius 1 is 1.25 bits per heavy atom. The van der Waals surface area contributed by atoms with Crippen LogP contribution in [0.3, 0.4) is 0 Å². The van der Waals surface area contributed by atoms with Crippen LogP contribution in [-0.2, 0) is 14.3 Å². The Balaban J connectivity index is 3.76. The van der Waals surface area contributed by atoms with Crippen molar-refractivity contribution in [3.63, 3.8) is 0 Å². The molecule has 0 amide bonds. The van der Waals surface area contributed by atoms with Crippen molar-refractivity contribution in [2.45, 2.75) is 71.8 Å². The van der Waals surface area contributed by atoms with Crippen LogP contribution in [0.1, 0.15) is 66.2 Å². The molecular weight excluding hydrogens is 254 g/mol. The van der Waals surface area contributed by atoms with Crippen molar-refractivity contribution in [1.82, 2.24) is 0 Å². The minimum absolute atomic E-state index is 0.325. The minimum atomic E-state index is -0.897. The molecule has 0 aromatic heterocycles. The van der Waals surface area contributed by atoms with Gasteiger partial charge in [0.05, 0.1) is 6.61 Å². The Morgan fingerprint density at radius 2 is 1.95 bits per heavy atom. The van der Waals surface area contributed by atoms with Gasteiger partial charge in [0.2, 0.25) is 0 Å². The Morgan fingerprint density at radius 3 is 2.50 bits per heavy atom. The standard InChI is InChI=1S/C16H33NO3/c1-5-8-10-14(6-2)13-19-12-9-11-16(4,17)15(18)20-7-3/h14H,5-13,17H2,1-4H3. The summed E-state index contributed by atoms with van der Waals surface area (Å²) in [6.07, 6.45) is 6.29. The van der Waals surface area contributed by atoms with Gasteiger partial charge in [0, 0.05) is 13.2 Å². The molecule has 0 aliphatic heterocycles. The molecule has 0 heterocycles. The van der Waals surface area contributed by atoms with Crippen LogP contribution in [0.2, 0.25) is 0 Å². The third-order valence-electron chi connectivity index (χ3n) is 3.62. The van der Waals surface area contributed by atoms with Crippen LogP contribution in [0.25, 0.3) is 0 Å². The maximum absolute atomic E-state index is 11.6. The third-order valence-corrected chi connectivity index (χ3v) is 3.62. The fraction of sp³-hybridized carbons (Fsp3) is 0.938. The molecule has 0 spiro atoms. The Kier molecular flexibility index (Phi) is 10.8. The first-order chi connectivity index (χ1) is 9.47. The number of hydrogen-bond acceptors (Lipinski definition) is 4. The Labute approximate surface area is 124 Å². The quantitative estimate of drug-likeness (QED) is 0.442. The molecule has 0 rings (SSSR count). The molecule has 0 aromatic rings. The lowest BCUT2D eigenvalue weighted by molar-refractivity contribution is -0.149. The van der Waals surface area contributed by atoms with Crippen LogP contribution in [-0.4, -0.2) is 31.3 Å². The van der Waals surface area contributed by atoms with Crippen molar-refractivity contribution in [2.24, 2.45) is 11.7 Å². The zero-order valence-electron chi connectivity index (χ0n) is 13.7. The smallest absolute Gasteiger partial charge is 0.325 e. The summed E-state index contributed by atoms with van der Waals surface area (Å²) >= 11 is 0. The molecule has 2 unspecified atom stereocenters. The highest BCUT2D eigenvalue weighted by Crippen LogP contribution is 2.14. The lowest BCUT2D eigenvalue weighted by Crippen LogP contribution is -2.46. The lowest BCUT2D eigenvalue weighted by Gasteiger charge is -2.22. The van der Waals surface area contributed by atoms with Gasteiger partial charge < -0.3 is 15.2 Å². The molecule has 0 fully saturated rings. The average molecular weight is 287 g/mol. The van der Waals surface area contributed by atoms with Crippen LogP contribution in [0.5, 0.6) is 0 Å². The zero-order valence-corrected chi connectivity index (χ0v) is 13.7. The Hall–Kier alpha value is -0.610. The van der Waals surface area contributed by atoms with Crippen molar-refractivity contribution < 1.29 is 14.3 Å². The molecule has 0 saturated heterocycles. The molecule has 20 heavy (non-hydrogen) atoms. The van der Waals surface area contributed by atoms with E-state index < -0.39 is 5.54 Å². The van der Waals surface area contributed by atoms with E-state index in [1.54, 1.807) is 13.8 Å². The fourth-order valence-electron chi connectivity index (χ4n) is 2.09. The van der Waals surface area contributed by atoms with Gasteiger partial charge in [0.15, 0.2) is 0 Å². The number of hydrogen-bond donors (Lipinski definition) is 1. The summed E-state index contributed by atoms with van der Waals surface area (Å²) in [5.74, 6) is 0.332. The molecule has 4 nitrogen and oxygen atoms in total. The van der Waals surface area contributed by atoms with Crippen molar-refractivity contribution in [1.29, 1.82) is 0 Å². The van der Waals surface area contributed by atoms with E-state index in [2.05, 4.69) is 13.8 Å². The molecule has 0 radical (unpaired) electrons. The van der Waals surface area contributed by atoms with Gasteiger partial charge in [-0.15, -0.1) is 0 Å². The van der Waals surface area contributed by atoms with Gasteiger partial charge in [-0.05, 0) is 39.0 Å². The number of rotatable bonds is 12. The summed E-state index contributed by atoms with van der Waals surface area (Å²) in [7, 11) is 0. The predicted molar refractivity (Wildman–Crippen MR) is 82.6 cm³/mol. The van der Waals surface area contributed by atoms with E-state index in [1.165, 1.54) is 19.3 Å². The van der Waals surface area contributed by atoms with Gasteiger partial charge in [-0.1, -0.05) is 33.1 Å². The molecule has 0 bridgehead atoms. The number of unbranched alkanes of at least 4 members (excludes halogenated alkanes) is 1. The molecule has 0 aliphatic rings. The maximum Gasteiger partial charge on any atom is 0.325 e. The Bertz CT molecular complexity index is 254. The van der Waals surface area contributed by atoms with Gasteiger partial charge in [0.1, 0.15) is 5.54 Å². The van der Waals surface area contributed by atoms with Crippen LogP contribution in [0.15, 0.2) is 0 Å².